The van der Waals surface area contributed by atoms with Crippen LogP contribution in [-0.2, 0) is 0 Å². The van der Waals surface area contributed by atoms with Crippen LogP contribution in [0.4, 0.5) is 5.00 Å². The molecule has 2 fully saturated rings. The zero-order chi connectivity index (χ0) is 13.0. The summed E-state index contributed by atoms with van der Waals surface area (Å²) in [5.74, 6) is 3.66. The lowest BCUT2D eigenvalue weighted by molar-refractivity contribution is 0.372. The second kappa shape index (κ2) is 4.07. The van der Waals surface area contributed by atoms with Gasteiger partial charge in [0.15, 0.2) is 5.82 Å². The minimum absolute atomic E-state index is 0.511. The summed E-state index contributed by atoms with van der Waals surface area (Å²) in [5, 5.41) is 4.97. The van der Waals surface area contributed by atoms with Crippen LogP contribution in [0.5, 0.6) is 0 Å². The fourth-order valence-electron chi connectivity index (χ4n) is 3.76. The molecule has 0 radical (unpaired) electrons. The second-order valence-electron chi connectivity index (χ2n) is 5.87. The van der Waals surface area contributed by atoms with E-state index in [2.05, 4.69) is 10.1 Å². The summed E-state index contributed by atoms with van der Waals surface area (Å²) >= 11 is 1.57. The minimum atomic E-state index is 0.511. The molecule has 3 unspecified atom stereocenters. The molecule has 2 aliphatic rings. The lowest BCUT2D eigenvalue weighted by Gasteiger charge is -2.17. The van der Waals surface area contributed by atoms with Gasteiger partial charge in [0, 0.05) is 10.8 Å². The highest BCUT2D eigenvalue weighted by Crippen LogP contribution is 2.52. The maximum absolute atomic E-state index is 5.99. The van der Waals surface area contributed by atoms with Gasteiger partial charge < -0.3 is 10.3 Å². The largest absolute Gasteiger partial charge is 0.390 e. The number of hydrogen-bond acceptors (Lipinski definition) is 5. The van der Waals surface area contributed by atoms with Crippen LogP contribution in [0.3, 0.4) is 0 Å². The number of aromatic nitrogens is 2. The van der Waals surface area contributed by atoms with Crippen molar-refractivity contribution in [2.45, 2.75) is 38.5 Å². The zero-order valence-corrected chi connectivity index (χ0v) is 11.7. The van der Waals surface area contributed by atoms with Gasteiger partial charge in [0.05, 0.1) is 10.6 Å². The van der Waals surface area contributed by atoms with Crippen LogP contribution in [0.2, 0.25) is 0 Å². The van der Waals surface area contributed by atoms with Gasteiger partial charge in [0.25, 0.3) is 5.89 Å². The number of anilines is 1. The molecule has 2 saturated carbocycles. The topological polar surface area (TPSA) is 64.9 Å². The molecule has 2 aromatic rings. The Morgan fingerprint density at radius 3 is 2.89 bits per heavy atom. The summed E-state index contributed by atoms with van der Waals surface area (Å²) < 4.78 is 5.43. The molecule has 19 heavy (non-hydrogen) atoms. The van der Waals surface area contributed by atoms with E-state index in [0.717, 1.165) is 28.2 Å². The van der Waals surface area contributed by atoms with Crippen LogP contribution >= 0.6 is 11.3 Å². The van der Waals surface area contributed by atoms with Gasteiger partial charge in [-0.3, -0.25) is 0 Å². The lowest BCUT2D eigenvalue weighted by atomic mass is 9.88. The van der Waals surface area contributed by atoms with E-state index in [1.807, 2.05) is 13.0 Å². The molecular formula is C14H17N3OS. The van der Waals surface area contributed by atoms with Gasteiger partial charge in [-0.1, -0.05) is 11.6 Å². The van der Waals surface area contributed by atoms with Crippen LogP contribution in [0, 0.1) is 18.8 Å². The molecule has 2 bridgehead atoms. The highest BCUT2D eigenvalue weighted by molar-refractivity contribution is 7.16. The van der Waals surface area contributed by atoms with Crippen molar-refractivity contribution in [2.75, 3.05) is 5.73 Å². The van der Waals surface area contributed by atoms with E-state index in [1.165, 1.54) is 30.6 Å². The molecule has 5 heteroatoms. The Kier molecular flexibility index (Phi) is 2.45. The number of nitrogens with zero attached hydrogens (tertiary/aromatic N) is 2. The molecule has 4 rings (SSSR count). The van der Waals surface area contributed by atoms with Crippen LogP contribution in [0.15, 0.2) is 10.6 Å². The molecule has 3 atom stereocenters. The Hall–Kier alpha value is -1.36. The summed E-state index contributed by atoms with van der Waals surface area (Å²) in [7, 11) is 0. The van der Waals surface area contributed by atoms with Gasteiger partial charge in [0.1, 0.15) is 0 Å². The van der Waals surface area contributed by atoms with Crippen molar-refractivity contribution < 1.29 is 4.52 Å². The van der Waals surface area contributed by atoms with Crippen molar-refractivity contribution in [3.63, 3.8) is 0 Å². The SMILES string of the molecule is Cc1cc(-c2nc(C3CC4CCC3C4)no2)c(N)s1. The average Bonchev–Trinajstić information content (AvgIpc) is 3.11. The third-order valence-corrected chi connectivity index (χ3v) is 5.51. The van der Waals surface area contributed by atoms with Crippen LogP contribution in [0.1, 0.15) is 42.3 Å². The molecule has 100 valence electrons. The third-order valence-electron chi connectivity index (χ3n) is 4.63. The molecule has 0 spiro atoms. The first-order valence-electron chi connectivity index (χ1n) is 6.90. The quantitative estimate of drug-likeness (QED) is 0.909. The number of nitrogen functional groups attached to an aromatic ring is 1. The first kappa shape index (κ1) is 11.5. The molecule has 0 aliphatic heterocycles. The van der Waals surface area contributed by atoms with Crippen LogP contribution in [-0.4, -0.2) is 10.1 Å². The third kappa shape index (κ3) is 1.79. The summed E-state index contributed by atoms with van der Waals surface area (Å²) in [6.45, 7) is 2.04. The van der Waals surface area contributed by atoms with Gasteiger partial charge in [-0.25, -0.2) is 0 Å². The smallest absolute Gasteiger partial charge is 0.260 e. The van der Waals surface area contributed by atoms with Crippen molar-refractivity contribution in [1.29, 1.82) is 0 Å². The summed E-state index contributed by atoms with van der Waals surface area (Å²) in [5.41, 5.74) is 6.88. The summed E-state index contributed by atoms with van der Waals surface area (Å²) in [6.07, 6.45) is 5.32. The first-order valence-corrected chi connectivity index (χ1v) is 7.72. The molecular weight excluding hydrogens is 258 g/mol. The van der Waals surface area contributed by atoms with Crippen LogP contribution in [0.25, 0.3) is 11.5 Å². The van der Waals surface area contributed by atoms with Crippen molar-refractivity contribution in [1.82, 2.24) is 10.1 Å². The fourth-order valence-corrected chi connectivity index (χ4v) is 4.54. The van der Waals surface area contributed by atoms with E-state index in [0.29, 0.717) is 11.8 Å². The summed E-state index contributed by atoms with van der Waals surface area (Å²) in [4.78, 5) is 5.78. The molecule has 2 N–H and O–H groups in total. The predicted octanol–water partition coefficient (Wildman–Crippen LogP) is 3.59. The van der Waals surface area contributed by atoms with Crippen molar-refractivity contribution in [2.24, 2.45) is 11.8 Å². The zero-order valence-electron chi connectivity index (χ0n) is 10.9. The Balaban J connectivity index is 1.65. The van der Waals surface area contributed by atoms with Crippen molar-refractivity contribution >= 4 is 16.3 Å². The Labute approximate surface area is 116 Å². The average molecular weight is 275 g/mol. The molecule has 0 aromatic carbocycles. The molecule has 2 aliphatic carbocycles. The van der Waals surface area contributed by atoms with Gasteiger partial charge in [-0.2, -0.15) is 4.98 Å². The monoisotopic (exact) mass is 275 g/mol. The van der Waals surface area contributed by atoms with E-state index in [1.54, 1.807) is 11.3 Å². The Morgan fingerprint density at radius 1 is 1.37 bits per heavy atom. The maximum Gasteiger partial charge on any atom is 0.260 e. The molecule has 0 saturated heterocycles. The van der Waals surface area contributed by atoms with Crippen LogP contribution < -0.4 is 5.73 Å². The van der Waals surface area contributed by atoms with Crippen molar-refractivity contribution in [3.05, 3.63) is 16.8 Å². The number of aryl methyl sites for hydroxylation is 1. The van der Waals surface area contributed by atoms with E-state index in [9.17, 15) is 0 Å². The molecule has 2 aromatic heterocycles. The number of hydrogen-bond donors (Lipinski definition) is 1. The number of rotatable bonds is 2. The van der Waals surface area contributed by atoms with Gasteiger partial charge in [0.2, 0.25) is 0 Å². The van der Waals surface area contributed by atoms with Gasteiger partial charge in [-0.15, -0.1) is 11.3 Å². The maximum atomic E-state index is 5.99. The Bertz CT molecular complexity index is 618. The number of thiophene rings is 1. The first-order chi connectivity index (χ1) is 9.20. The molecule has 4 nitrogen and oxygen atoms in total. The standard InChI is InChI=1S/C14H17N3OS/c1-7-4-11(12(15)19-7)14-16-13(17-18-14)10-6-8-2-3-9(10)5-8/h4,8-10H,2-3,5-6,15H2,1H3. The Morgan fingerprint density at radius 2 is 2.26 bits per heavy atom. The number of nitrogens with two attached hydrogens (primary N) is 1. The van der Waals surface area contributed by atoms with E-state index < -0.39 is 0 Å². The predicted molar refractivity (Wildman–Crippen MR) is 74.9 cm³/mol. The normalized spacial score (nSPS) is 29.2. The molecule has 2 heterocycles. The highest BCUT2D eigenvalue weighted by Gasteiger charge is 2.42. The van der Waals surface area contributed by atoms with E-state index >= 15 is 0 Å². The molecule has 0 amide bonds. The second-order valence-corrected chi connectivity index (χ2v) is 7.16. The fraction of sp³-hybridized carbons (Fsp3) is 0.571. The van der Waals surface area contributed by atoms with Crippen molar-refractivity contribution in [3.8, 4) is 11.5 Å². The van der Waals surface area contributed by atoms with E-state index in [4.69, 9.17) is 10.3 Å². The lowest BCUT2D eigenvalue weighted by Crippen LogP contribution is -2.09. The minimum Gasteiger partial charge on any atom is -0.390 e. The van der Waals surface area contributed by atoms with Gasteiger partial charge >= 0.3 is 0 Å². The number of fused-ring (bicyclic) bond motifs is 2. The van der Waals surface area contributed by atoms with Gasteiger partial charge in [-0.05, 0) is 44.1 Å². The highest BCUT2D eigenvalue weighted by atomic mass is 32.1. The van der Waals surface area contributed by atoms with E-state index in [-0.39, 0.29) is 0 Å². The summed E-state index contributed by atoms with van der Waals surface area (Å²) in [6, 6.07) is 2.03.